The number of anilines is 1. The Morgan fingerprint density at radius 2 is 1.52 bits per heavy atom. The summed E-state index contributed by atoms with van der Waals surface area (Å²) in [5.41, 5.74) is 9.65. The Bertz CT molecular complexity index is 1010. The van der Waals surface area contributed by atoms with Crippen molar-refractivity contribution in [1.29, 1.82) is 5.41 Å². The van der Waals surface area contributed by atoms with E-state index in [9.17, 15) is 9.59 Å². The third-order valence-electron chi connectivity index (χ3n) is 4.32. The number of rotatable bonds is 7. The Morgan fingerprint density at radius 3 is 2.21 bits per heavy atom. The minimum atomic E-state index is -0.406. The molecule has 0 aliphatic carbocycles. The third-order valence-corrected chi connectivity index (χ3v) is 4.32. The molecule has 29 heavy (non-hydrogen) atoms. The van der Waals surface area contributed by atoms with Gasteiger partial charge < -0.3 is 16.4 Å². The molecule has 0 heterocycles. The maximum Gasteiger partial charge on any atom is 0.233 e. The second-order valence-corrected chi connectivity index (χ2v) is 6.56. The lowest BCUT2D eigenvalue weighted by Gasteiger charge is -2.09. The zero-order valence-corrected chi connectivity index (χ0v) is 15.8. The molecule has 3 aromatic carbocycles. The van der Waals surface area contributed by atoms with Gasteiger partial charge in [0.2, 0.25) is 11.8 Å². The van der Waals surface area contributed by atoms with Crippen LogP contribution < -0.4 is 16.4 Å². The van der Waals surface area contributed by atoms with Crippen LogP contribution in [0, 0.1) is 5.41 Å². The van der Waals surface area contributed by atoms with Crippen LogP contribution in [0.2, 0.25) is 0 Å². The number of amides is 2. The second-order valence-electron chi connectivity index (χ2n) is 6.56. The van der Waals surface area contributed by atoms with Crippen LogP contribution >= 0.6 is 0 Å². The van der Waals surface area contributed by atoms with E-state index in [1.165, 1.54) is 0 Å². The van der Waals surface area contributed by atoms with Crippen molar-refractivity contribution in [3.05, 3.63) is 90.0 Å². The number of nitrogens with one attached hydrogen (secondary N) is 3. The first-order chi connectivity index (χ1) is 14.0. The predicted molar refractivity (Wildman–Crippen MR) is 114 cm³/mol. The van der Waals surface area contributed by atoms with Gasteiger partial charge in [-0.05, 0) is 47.0 Å². The van der Waals surface area contributed by atoms with Gasteiger partial charge in [-0.1, -0.05) is 48.5 Å². The normalized spacial score (nSPS) is 10.2. The Morgan fingerprint density at radius 1 is 0.828 bits per heavy atom. The van der Waals surface area contributed by atoms with Crippen molar-refractivity contribution >= 4 is 23.3 Å². The van der Waals surface area contributed by atoms with E-state index in [0.717, 1.165) is 16.7 Å². The van der Waals surface area contributed by atoms with Crippen LogP contribution in [0.15, 0.2) is 78.9 Å². The van der Waals surface area contributed by atoms with Crippen molar-refractivity contribution in [2.45, 2.75) is 13.0 Å². The topological polar surface area (TPSA) is 108 Å². The maximum atomic E-state index is 12.1. The summed E-state index contributed by atoms with van der Waals surface area (Å²) in [4.78, 5) is 24.2. The Labute approximate surface area is 169 Å². The molecule has 0 aliphatic rings. The Hall–Kier alpha value is -3.93. The number of amidine groups is 1. The van der Waals surface area contributed by atoms with Crippen molar-refractivity contribution in [1.82, 2.24) is 5.32 Å². The molecule has 0 fully saturated rings. The largest absolute Gasteiger partial charge is 0.384 e. The van der Waals surface area contributed by atoms with E-state index in [0.29, 0.717) is 17.8 Å². The average Bonchev–Trinajstić information content (AvgIpc) is 2.73. The van der Waals surface area contributed by atoms with E-state index >= 15 is 0 Å². The number of nitrogen functional groups attached to an aromatic ring is 1. The smallest absolute Gasteiger partial charge is 0.233 e. The highest BCUT2D eigenvalue weighted by molar-refractivity contribution is 6.03. The van der Waals surface area contributed by atoms with Gasteiger partial charge in [0.15, 0.2) is 0 Å². The molecule has 0 bridgehead atoms. The summed E-state index contributed by atoms with van der Waals surface area (Å²) in [6.45, 7) is 0.347. The SMILES string of the molecule is N=C(N)c1ccc(NC(=O)CC(=O)NCc2cccc(-c3ccccc3)c2)cc1. The quantitative estimate of drug-likeness (QED) is 0.284. The van der Waals surface area contributed by atoms with Crippen LogP contribution in [0.4, 0.5) is 5.69 Å². The Balaban J connectivity index is 1.51. The molecule has 0 saturated carbocycles. The minimum Gasteiger partial charge on any atom is -0.384 e. The lowest BCUT2D eigenvalue weighted by Crippen LogP contribution is -2.27. The third kappa shape index (κ3) is 5.77. The molecule has 6 nitrogen and oxygen atoms in total. The minimum absolute atomic E-state index is 0.0430. The number of nitrogens with two attached hydrogens (primary N) is 1. The molecular formula is C23H22N4O2. The molecule has 146 valence electrons. The van der Waals surface area contributed by atoms with Crippen LogP contribution in [-0.2, 0) is 16.1 Å². The van der Waals surface area contributed by atoms with Crippen LogP contribution in [0.5, 0.6) is 0 Å². The van der Waals surface area contributed by atoms with E-state index in [1.807, 2.05) is 54.6 Å². The van der Waals surface area contributed by atoms with Gasteiger partial charge in [-0.3, -0.25) is 15.0 Å². The van der Waals surface area contributed by atoms with Gasteiger partial charge in [0.25, 0.3) is 0 Å². The zero-order valence-electron chi connectivity index (χ0n) is 15.8. The first-order valence-electron chi connectivity index (χ1n) is 9.16. The highest BCUT2D eigenvalue weighted by atomic mass is 16.2. The molecule has 0 radical (unpaired) electrons. The molecule has 3 aromatic rings. The number of hydrogen-bond acceptors (Lipinski definition) is 3. The summed E-state index contributed by atoms with van der Waals surface area (Å²) < 4.78 is 0. The zero-order chi connectivity index (χ0) is 20.6. The monoisotopic (exact) mass is 386 g/mol. The van der Waals surface area contributed by atoms with Gasteiger partial charge in [0.05, 0.1) is 0 Å². The highest BCUT2D eigenvalue weighted by Gasteiger charge is 2.10. The van der Waals surface area contributed by atoms with Gasteiger partial charge in [-0.25, -0.2) is 0 Å². The van der Waals surface area contributed by atoms with Crippen LogP contribution in [0.1, 0.15) is 17.5 Å². The van der Waals surface area contributed by atoms with Gasteiger partial charge in [0.1, 0.15) is 12.3 Å². The molecule has 3 rings (SSSR count). The first kappa shape index (κ1) is 19.8. The fourth-order valence-corrected chi connectivity index (χ4v) is 2.84. The van der Waals surface area contributed by atoms with E-state index < -0.39 is 5.91 Å². The number of benzene rings is 3. The summed E-state index contributed by atoms with van der Waals surface area (Å²) >= 11 is 0. The van der Waals surface area contributed by atoms with Crippen LogP contribution in [0.3, 0.4) is 0 Å². The molecule has 0 aromatic heterocycles. The van der Waals surface area contributed by atoms with Crippen molar-refractivity contribution in [3.63, 3.8) is 0 Å². The molecule has 5 N–H and O–H groups in total. The summed E-state index contributed by atoms with van der Waals surface area (Å²) in [5.74, 6) is -0.803. The molecule has 2 amide bonds. The molecule has 6 heteroatoms. The lowest BCUT2D eigenvalue weighted by molar-refractivity contribution is -0.126. The van der Waals surface area contributed by atoms with Crippen LogP contribution in [0.25, 0.3) is 11.1 Å². The summed E-state index contributed by atoms with van der Waals surface area (Å²) in [6.07, 6.45) is -0.271. The molecule has 0 aliphatic heterocycles. The highest BCUT2D eigenvalue weighted by Crippen LogP contribution is 2.19. The lowest BCUT2D eigenvalue weighted by atomic mass is 10.0. The average molecular weight is 386 g/mol. The number of hydrogen-bond donors (Lipinski definition) is 4. The van der Waals surface area contributed by atoms with Crippen LogP contribution in [-0.4, -0.2) is 17.6 Å². The van der Waals surface area contributed by atoms with Gasteiger partial charge in [0, 0.05) is 17.8 Å². The molecular weight excluding hydrogens is 364 g/mol. The van der Waals surface area contributed by atoms with E-state index in [2.05, 4.69) is 10.6 Å². The van der Waals surface area contributed by atoms with Gasteiger partial charge in [-0.2, -0.15) is 0 Å². The van der Waals surface area contributed by atoms with E-state index in [-0.39, 0.29) is 18.2 Å². The standard InChI is InChI=1S/C23H22N4O2/c24-23(25)18-9-11-20(12-10-18)27-22(29)14-21(28)26-15-16-5-4-8-19(13-16)17-6-2-1-3-7-17/h1-13H,14-15H2,(H3,24,25)(H,26,28)(H,27,29). The first-order valence-corrected chi connectivity index (χ1v) is 9.16. The number of carbonyl (C=O) groups excluding carboxylic acids is 2. The fraction of sp³-hybridized carbons (Fsp3) is 0.0870. The van der Waals surface area contributed by atoms with Crippen molar-refractivity contribution in [3.8, 4) is 11.1 Å². The molecule has 0 spiro atoms. The molecule has 0 unspecified atom stereocenters. The molecule has 0 saturated heterocycles. The van der Waals surface area contributed by atoms with E-state index in [1.54, 1.807) is 24.3 Å². The van der Waals surface area contributed by atoms with Crippen molar-refractivity contribution in [2.75, 3.05) is 5.32 Å². The fourth-order valence-electron chi connectivity index (χ4n) is 2.84. The second kappa shape index (κ2) is 9.32. The van der Waals surface area contributed by atoms with Gasteiger partial charge >= 0.3 is 0 Å². The maximum absolute atomic E-state index is 12.1. The Kier molecular flexibility index (Phi) is 6.37. The van der Waals surface area contributed by atoms with E-state index in [4.69, 9.17) is 11.1 Å². The van der Waals surface area contributed by atoms with Crippen molar-refractivity contribution in [2.24, 2.45) is 5.73 Å². The van der Waals surface area contributed by atoms with Crippen molar-refractivity contribution < 1.29 is 9.59 Å². The number of carbonyl (C=O) groups is 2. The molecule has 0 atom stereocenters. The summed E-state index contributed by atoms with van der Waals surface area (Å²) in [7, 11) is 0. The predicted octanol–water partition coefficient (Wildman–Crippen LogP) is 3.28. The summed E-state index contributed by atoms with van der Waals surface area (Å²) in [5, 5.41) is 12.8. The summed E-state index contributed by atoms with van der Waals surface area (Å²) in [6, 6.07) is 24.5. The van der Waals surface area contributed by atoms with Gasteiger partial charge in [-0.15, -0.1) is 0 Å².